The van der Waals surface area contributed by atoms with Gasteiger partial charge >= 0.3 is 0 Å². The first-order chi connectivity index (χ1) is 7.18. The van der Waals surface area contributed by atoms with E-state index in [2.05, 4.69) is 31.0 Å². The fourth-order valence-electron chi connectivity index (χ4n) is 1.37. The van der Waals surface area contributed by atoms with Gasteiger partial charge in [-0.3, -0.25) is 4.68 Å². The molecule has 2 heterocycles. The molecule has 0 radical (unpaired) electrons. The van der Waals surface area contributed by atoms with E-state index in [0.29, 0.717) is 6.54 Å². The second-order valence-corrected chi connectivity index (χ2v) is 4.10. The van der Waals surface area contributed by atoms with Gasteiger partial charge in [0, 0.05) is 12.4 Å². The molecule has 2 aromatic rings. The Kier molecular flexibility index (Phi) is 2.81. The SMILES string of the molecule is Cc1nn(Cc2ncccn2)c(C)c1Br. The molecular formula is C10H11BrN4. The molecule has 2 rings (SSSR count). The molecule has 0 amide bonds. The molecule has 0 aliphatic rings. The molecule has 0 aliphatic carbocycles. The van der Waals surface area contributed by atoms with Crippen LogP contribution in [0.3, 0.4) is 0 Å². The Morgan fingerprint density at radius 3 is 2.47 bits per heavy atom. The van der Waals surface area contributed by atoms with Crippen molar-refractivity contribution in [1.29, 1.82) is 0 Å². The molecule has 2 aromatic heterocycles. The van der Waals surface area contributed by atoms with Crippen molar-refractivity contribution in [2.24, 2.45) is 0 Å². The second kappa shape index (κ2) is 4.10. The maximum atomic E-state index is 4.39. The Morgan fingerprint density at radius 2 is 1.93 bits per heavy atom. The average Bonchev–Trinajstić information content (AvgIpc) is 2.48. The van der Waals surface area contributed by atoms with E-state index < -0.39 is 0 Å². The summed E-state index contributed by atoms with van der Waals surface area (Å²) in [6, 6.07) is 1.81. The molecule has 0 fully saturated rings. The van der Waals surface area contributed by atoms with Crippen LogP contribution < -0.4 is 0 Å². The van der Waals surface area contributed by atoms with Crippen molar-refractivity contribution in [3.63, 3.8) is 0 Å². The molecule has 0 N–H and O–H groups in total. The summed E-state index contributed by atoms with van der Waals surface area (Å²) in [5.41, 5.74) is 2.09. The van der Waals surface area contributed by atoms with E-state index in [-0.39, 0.29) is 0 Å². The van der Waals surface area contributed by atoms with E-state index >= 15 is 0 Å². The molecule has 15 heavy (non-hydrogen) atoms. The largest absolute Gasteiger partial charge is 0.261 e. The van der Waals surface area contributed by atoms with Crippen molar-refractivity contribution in [2.45, 2.75) is 20.4 Å². The fraction of sp³-hybridized carbons (Fsp3) is 0.300. The van der Waals surface area contributed by atoms with E-state index in [1.807, 2.05) is 18.5 Å². The predicted octanol–water partition coefficient (Wildman–Crippen LogP) is 2.10. The average molecular weight is 267 g/mol. The first kappa shape index (κ1) is 10.3. The fourth-order valence-corrected chi connectivity index (χ4v) is 1.66. The Labute approximate surface area is 96.5 Å². The number of halogens is 1. The normalized spacial score (nSPS) is 10.6. The van der Waals surface area contributed by atoms with E-state index in [1.165, 1.54) is 0 Å². The van der Waals surface area contributed by atoms with Gasteiger partial charge in [0.15, 0.2) is 0 Å². The molecule has 5 heteroatoms. The van der Waals surface area contributed by atoms with Crippen LogP contribution in [0.25, 0.3) is 0 Å². The molecule has 0 atom stereocenters. The van der Waals surface area contributed by atoms with E-state index in [9.17, 15) is 0 Å². The lowest BCUT2D eigenvalue weighted by Crippen LogP contribution is -2.07. The van der Waals surface area contributed by atoms with Crippen LogP contribution in [-0.2, 0) is 6.54 Å². The number of rotatable bonds is 2. The lowest BCUT2D eigenvalue weighted by molar-refractivity contribution is 0.631. The first-order valence-electron chi connectivity index (χ1n) is 4.64. The maximum Gasteiger partial charge on any atom is 0.149 e. The molecular weight excluding hydrogens is 256 g/mol. The third-order valence-corrected chi connectivity index (χ3v) is 3.35. The van der Waals surface area contributed by atoms with Gasteiger partial charge in [-0.1, -0.05) is 0 Å². The van der Waals surface area contributed by atoms with Gasteiger partial charge in [-0.2, -0.15) is 5.10 Å². The third kappa shape index (κ3) is 2.07. The van der Waals surface area contributed by atoms with E-state index in [1.54, 1.807) is 18.5 Å². The predicted molar refractivity (Wildman–Crippen MR) is 60.5 cm³/mol. The molecule has 0 saturated heterocycles. The van der Waals surface area contributed by atoms with Gasteiger partial charge < -0.3 is 0 Å². The highest BCUT2D eigenvalue weighted by molar-refractivity contribution is 9.10. The van der Waals surface area contributed by atoms with Crippen molar-refractivity contribution in [3.8, 4) is 0 Å². The zero-order chi connectivity index (χ0) is 10.8. The maximum absolute atomic E-state index is 4.39. The van der Waals surface area contributed by atoms with Gasteiger partial charge in [0.25, 0.3) is 0 Å². The molecule has 0 aliphatic heterocycles. The van der Waals surface area contributed by atoms with Crippen molar-refractivity contribution in [3.05, 3.63) is 40.1 Å². The first-order valence-corrected chi connectivity index (χ1v) is 5.43. The molecule has 0 saturated carbocycles. The third-order valence-electron chi connectivity index (χ3n) is 2.20. The van der Waals surface area contributed by atoms with Crippen LogP contribution in [0.4, 0.5) is 0 Å². The van der Waals surface area contributed by atoms with Crippen molar-refractivity contribution in [1.82, 2.24) is 19.7 Å². The number of hydrogen-bond donors (Lipinski definition) is 0. The topological polar surface area (TPSA) is 43.6 Å². The standard InChI is InChI=1S/C10H11BrN4/c1-7-10(11)8(2)15(14-7)6-9-12-4-3-5-13-9/h3-5H,6H2,1-2H3. The Bertz CT molecular complexity index is 464. The Hall–Kier alpha value is -1.23. The summed E-state index contributed by atoms with van der Waals surface area (Å²) in [5, 5.41) is 4.39. The monoisotopic (exact) mass is 266 g/mol. The molecule has 0 spiro atoms. The minimum absolute atomic E-state index is 0.610. The summed E-state index contributed by atoms with van der Waals surface area (Å²) in [4.78, 5) is 8.33. The number of nitrogens with zero attached hydrogens (tertiary/aromatic N) is 4. The van der Waals surface area contributed by atoms with Crippen molar-refractivity contribution >= 4 is 15.9 Å². The summed E-state index contributed by atoms with van der Waals surface area (Å²) in [6.07, 6.45) is 3.48. The summed E-state index contributed by atoms with van der Waals surface area (Å²) < 4.78 is 2.95. The summed E-state index contributed by atoms with van der Waals surface area (Å²) in [7, 11) is 0. The minimum atomic E-state index is 0.610. The Balaban J connectivity index is 2.29. The van der Waals surface area contributed by atoms with Gasteiger partial charge in [-0.05, 0) is 35.8 Å². The highest BCUT2D eigenvalue weighted by atomic mass is 79.9. The zero-order valence-electron chi connectivity index (χ0n) is 8.61. The summed E-state index contributed by atoms with van der Waals surface area (Å²) in [6.45, 7) is 4.60. The zero-order valence-corrected chi connectivity index (χ0v) is 10.2. The van der Waals surface area contributed by atoms with Gasteiger partial charge in [0.1, 0.15) is 12.4 Å². The molecule has 0 unspecified atom stereocenters. The number of hydrogen-bond acceptors (Lipinski definition) is 3. The van der Waals surface area contributed by atoms with Crippen LogP contribution in [0.15, 0.2) is 22.9 Å². The van der Waals surface area contributed by atoms with Gasteiger partial charge in [0.2, 0.25) is 0 Å². The quantitative estimate of drug-likeness (QED) is 0.836. The molecule has 0 aromatic carbocycles. The van der Waals surface area contributed by atoms with E-state index in [4.69, 9.17) is 0 Å². The van der Waals surface area contributed by atoms with Crippen molar-refractivity contribution in [2.75, 3.05) is 0 Å². The Morgan fingerprint density at radius 1 is 1.27 bits per heavy atom. The van der Waals surface area contributed by atoms with Gasteiger partial charge in [0.05, 0.1) is 15.9 Å². The van der Waals surface area contributed by atoms with Crippen LogP contribution in [0.5, 0.6) is 0 Å². The highest BCUT2D eigenvalue weighted by Crippen LogP contribution is 2.19. The van der Waals surface area contributed by atoms with Crippen molar-refractivity contribution < 1.29 is 0 Å². The summed E-state index contributed by atoms with van der Waals surface area (Å²) >= 11 is 3.49. The van der Waals surface area contributed by atoms with Crippen LogP contribution >= 0.6 is 15.9 Å². The summed E-state index contributed by atoms with van der Waals surface area (Å²) in [5.74, 6) is 0.774. The lowest BCUT2D eigenvalue weighted by Gasteiger charge is -2.02. The lowest BCUT2D eigenvalue weighted by atomic mass is 10.4. The smallest absolute Gasteiger partial charge is 0.149 e. The minimum Gasteiger partial charge on any atom is -0.261 e. The van der Waals surface area contributed by atoms with Gasteiger partial charge in [-0.25, -0.2) is 9.97 Å². The molecule has 78 valence electrons. The van der Waals surface area contributed by atoms with Crippen LogP contribution in [0.1, 0.15) is 17.2 Å². The number of aryl methyl sites for hydroxylation is 1. The molecule has 4 nitrogen and oxygen atoms in total. The highest BCUT2D eigenvalue weighted by Gasteiger charge is 2.09. The molecule has 0 bridgehead atoms. The number of aromatic nitrogens is 4. The van der Waals surface area contributed by atoms with Crippen LogP contribution in [-0.4, -0.2) is 19.7 Å². The second-order valence-electron chi connectivity index (χ2n) is 3.31. The van der Waals surface area contributed by atoms with Crippen LogP contribution in [0, 0.1) is 13.8 Å². The van der Waals surface area contributed by atoms with Gasteiger partial charge in [-0.15, -0.1) is 0 Å². The van der Waals surface area contributed by atoms with E-state index in [0.717, 1.165) is 21.7 Å². The van der Waals surface area contributed by atoms with Crippen LogP contribution in [0.2, 0.25) is 0 Å².